The summed E-state index contributed by atoms with van der Waals surface area (Å²) in [7, 11) is 0. The van der Waals surface area contributed by atoms with E-state index in [1.54, 1.807) is 16.8 Å². The van der Waals surface area contributed by atoms with Gasteiger partial charge in [-0.15, -0.1) is 0 Å². The number of para-hydroxylation sites is 1. The van der Waals surface area contributed by atoms with Crippen molar-refractivity contribution in [2.75, 3.05) is 11.4 Å². The summed E-state index contributed by atoms with van der Waals surface area (Å²) in [6.45, 7) is 0.683. The molecule has 33 heavy (non-hydrogen) atoms. The third-order valence-electron chi connectivity index (χ3n) is 5.94. The number of nitriles is 1. The number of hydrogen-bond acceptors (Lipinski definition) is 7. The van der Waals surface area contributed by atoms with Crippen LogP contribution in [0.2, 0.25) is 5.02 Å². The minimum Gasteiger partial charge on any atom is -0.346 e. The highest BCUT2D eigenvalue weighted by molar-refractivity contribution is 6.33. The van der Waals surface area contributed by atoms with Crippen molar-refractivity contribution in [3.8, 4) is 11.8 Å². The Kier molecular flexibility index (Phi) is 4.38. The molecule has 0 amide bonds. The lowest BCUT2D eigenvalue weighted by Crippen LogP contribution is -2.33. The average molecular weight is 458 g/mol. The SMILES string of the molecule is N#Cc1n[nH]c2ncnc(N3CCC[C@H]3c3nn4ccc(Cl)c4c(=O)n3-c3ccccc3)c12. The maximum absolute atomic E-state index is 13.6. The maximum atomic E-state index is 13.6. The number of halogens is 1. The van der Waals surface area contributed by atoms with Crippen LogP contribution in [-0.4, -0.2) is 40.9 Å². The average Bonchev–Trinajstić information content (AvgIpc) is 3.57. The van der Waals surface area contributed by atoms with Crippen molar-refractivity contribution >= 4 is 34.0 Å². The van der Waals surface area contributed by atoms with E-state index in [9.17, 15) is 10.1 Å². The van der Waals surface area contributed by atoms with Gasteiger partial charge in [-0.1, -0.05) is 29.8 Å². The van der Waals surface area contributed by atoms with E-state index < -0.39 is 0 Å². The molecule has 0 radical (unpaired) electrons. The molecular formula is C22H16ClN9O. The van der Waals surface area contributed by atoms with Gasteiger partial charge in [0.15, 0.2) is 17.2 Å². The van der Waals surface area contributed by atoms with Crippen molar-refractivity contribution in [2.45, 2.75) is 18.9 Å². The van der Waals surface area contributed by atoms with Gasteiger partial charge in [0.2, 0.25) is 0 Å². The highest BCUT2D eigenvalue weighted by Gasteiger charge is 2.34. The van der Waals surface area contributed by atoms with Crippen molar-refractivity contribution in [3.63, 3.8) is 0 Å². The zero-order chi connectivity index (χ0) is 22.5. The van der Waals surface area contributed by atoms with Gasteiger partial charge in [0, 0.05) is 12.7 Å². The molecule has 1 aliphatic rings. The summed E-state index contributed by atoms with van der Waals surface area (Å²) >= 11 is 6.32. The second-order valence-corrected chi connectivity index (χ2v) is 8.15. The molecule has 5 aromatic rings. The lowest BCUT2D eigenvalue weighted by Gasteiger charge is -2.27. The maximum Gasteiger partial charge on any atom is 0.284 e. The number of H-pyrrole nitrogens is 1. The normalized spacial score (nSPS) is 16.0. The fraction of sp³-hybridized carbons (Fsp3) is 0.182. The van der Waals surface area contributed by atoms with Crippen LogP contribution in [-0.2, 0) is 0 Å². The van der Waals surface area contributed by atoms with Crippen molar-refractivity contribution in [1.82, 2.24) is 34.3 Å². The Morgan fingerprint density at radius 2 is 2.03 bits per heavy atom. The van der Waals surface area contributed by atoms with Crippen LogP contribution >= 0.6 is 11.6 Å². The Bertz CT molecular complexity index is 1610. The lowest BCUT2D eigenvalue weighted by molar-refractivity contribution is 0.602. The van der Waals surface area contributed by atoms with Gasteiger partial charge in [0.1, 0.15) is 23.7 Å². The zero-order valence-corrected chi connectivity index (χ0v) is 17.9. The van der Waals surface area contributed by atoms with Crippen molar-refractivity contribution in [2.24, 2.45) is 0 Å². The minimum atomic E-state index is -0.261. The fourth-order valence-corrected chi connectivity index (χ4v) is 4.74. The van der Waals surface area contributed by atoms with Crippen LogP contribution < -0.4 is 10.5 Å². The van der Waals surface area contributed by atoms with Crippen molar-refractivity contribution < 1.29 is 0 Å². The van der Waals surface area contributed by atoms with Gasteiger partial charge in [0.05, 0.1) is 22.1 Å². The molecular weight excluding hydrogens is 442 g/mol. The molecule has 1 fully saturated rings. The molecule has 0 bridgehead atoms. The van der Waals surface area contributed by atoms with E-state index in [2.05, 4.69) is 31.1 Å². The van der Waals surface area contributed by atoms with Crippen molar-refractivity contribution in [3.05, 3.63) is 75.8 Å². The summed E-state index contributed by atoms with van der Waals surface area (Å²) in [5.41, 5.74) is 1.49. The van der Waals surface area contributed by atoms with Gasteiger partial charge in [-0.05, 0) is 31.0 Å². The van der Waals surface area contributed by atoms with E-state index in [0.29, 0.717) is 45.4 Å². The molecule has 1 N–H and O–H groups in total. The van der Waals surface area contributed by atoms with E-state index >= 15 is 0 Å². The van der Waals surface area contributed by atoms with E-state index in [-0.39, 0.29) is 17.3 Å². The molecule has 10 nitrogen and oxygen atoms in total. The quantitative estimate of drug-likeness (QED) is 0.442. The van der Waals surface area contributed by atoms with Crippen LogP contribution in [0.25, 0.3) is 22.2 Å². The molecule has 11 heteroatoms. The van der Waals surface area contributed by atoms with Gasteiger partial charge in [-0.2, -0.15) is 15.5 Å². The monoisotopic (exact) mass is 457 g/mol. The number of nitrogens with zero attached hydrogens (tertiary/aromatic N) is 8. The Morgan fingerprint density at radius 1 is 1.18 bits per heavy atom. The molecule has 0 unspecified atom stereocenters. The summed E-state index contributed by atoms with van der Waals surface area (Å²) in [5.74, 6) is 1.16. The molecule has 5 heterocycles. The first-order chi connectivity index (χ1) is 16.2. The number of aromatic nitrogens is 7. The number of benzene rings is 1. The van der Waals surface area contributed by atoms with Gasteiger partial charge in [-0.25, -0.2) is 14.5 Å². The smallest absolute Gasteiger partial charge is 0.284 e. The van der Waals surface area contributed by atoms with E-state index in [4.69, 9.17) is 16.7 Å². The summed E-state index contributed by atoms with van der Waals surface area (Å²) in [4.78, 5) is 24.4. The second-order valence-electron chi connectivity index (χ2n) is 7.75. The second kappa shape index (κ2) is 7.43. The predicted octanol–water partition coefficient (Wildman–Crippen LogP) is 3.02. The molecule has 1 saturated heterocycles. The zero-order valence-electron chi connectivity index (χ0n) is 17.2. The Hall–Kier alpha value is -4.23. The van der Waals surface area contributed by atoms with Gasteiger partial charge < -0.3 is 4.90 Å². The molecule has 1 aromatic carbocycles. The van der Waals surface area contributed by atoms with Crippen molar-refractivity contribution in [1.29, 1.82) is 5.26 Å². The lowest BCUT2D eigenvalue weighted by atomic mass is 10.1. The molecule has 0 spiro atoms. The molecule has 0 aliphatic carbocycles. The van der Waals surface area contributed by atoms with Gasteiger partial charge >= 0.3 is 0 Å². The van der Waals surface area contributed by atoms with E-state index in [0.717, 1.165) is 12.8 Å². The first-order valence-corrected chi connectivity index (χ1v) is 10.8. The van der Waals surface area contributed by atoms with Crippen LogP contribution in [0.15, 0.2) is 53.7 Å². The minimum absolute atomic E-state index is 0.229. The summed E-state index contributed by atoms with van der Waals surface area (Å²) in [5, 5.41) is 22.1. The van der Waals surface area contributed by atoms with Crippen LogP contribution in [0.4, 0.5) is 5.82 Å². The number of anilines is 1. The summed E-state index contributed by atoms with van der Waals surface area (Å²) in [6.07, 6.45) is 4.75. The van der Waals surface area contributed by atoms with Crippen LogP contribution in [0.1, 0.15) is 30.4 Å². The topological polar surface area (TPSA) is 121 Å². The number of nitrogens with one attached hydrogen (secondary N) is 1. The fourth-order valence-electron chi connectivity index (χ4n) is 4.52. The van der Waals surface area contributed by atoms with Crippen LogP contribution in [0.5, 0.6) is 0 Å². The van der Waals surface area contributed by atoms with E-state index in [1.165, 1.54) is 10.8 Å². The Morgan fingerprint density at radius 3 is 2.85 bits per heavy atom. The number of hydrogen-bond donors (Lipinski definition) is 1. The standard InChI is InChI=1S/C22H16ClN9O/c23-14-8-10-31-18(14)22(33)32(13-5-2-1-3-6-13)20(29-31)16-7-4-9-30(16)21-17-15(11-24)27-28-19(17)25-12-26-21/h1-3,5-6,8,10,12,16H,4,7,9H2,(H,25,26,27,28)/t16-/m0/s1. The first kappa shape index (κ1) is 19.5. The molecule has 1 aliphatic heterocycles. The molecule has 162 valence electrons. The van der Waals surface area contributed by atoms with Gasteiger partial charge in [0.25, 0.3) is 5.56 Å². The third-order valence-corrected chi connectivity index (χ3v) is 6.25. The molecule has 6 rings (SSSR count). The third kappa shape index (κ3) is 2.90. The number of fused-ring (bicyclic) bond motifs is 2. The van der Waals surface area contributed by atoms with Crippen LogP contribution in [0.3, 0.4) is 0 Å². The summed E-state index contributed by atoms with van der Waals surface area (Å²) in [6, 6.07) is 12.9. The van der Waals surface area contributed by atoms with E-state index in [1.807, 2.05) is 30.3 Å². The highest BCUT2D eigenvalue weighted by Crippen LogP contribution is 2.38. The first-order valence-electron chi connectivity index (χ1n) is 10.4. The molecule has 4 aromatic heterocycles. The summed E-state index contributed by atoms with van der Waals surface area (Å²) < 4.78 is 3.15. The Labute approximate surface area is 191 Å². The largest absolute Gasteiger partial charge is 0.346 e. The van der Waals surface area contributed by atoms with Gasteiger partial charge in [-0.3, -0.25) is 14.5 Å². The predicted molar refractivity (Wildman–Crippen MR) is 122 cm³/mol. The number of rotatable bonds is 3. The van der Waals surface area contributed by atoms with Crippen LogP contribution in [0, 0.1) is 11.3 Å². The Balaban J connectivity index is 1.61. The molecule has 0 saturated carbocycles. The highest BCUT2D eigenvalue weighted by atomic mass is 35.5. The molecule has 1 atom stereocenters. The number of aromatic amines is 1.